The van der Waals surface area contributed by atoms with Gasteiger partial charge in [0.05, 0.1) is 18.6 Å². The molecule has 0 aromatic carbocycles. The molecule has 0 fully saturated rings. The lowest BCUT2D eigenvalue weighted by Crippen LogP contribution is -2.34. The highest BCUT2D eigenvalue weighted by Gasteiger charge is 2.24. The van der Waals surface area contributed by atoms with Crippen molar-refractivity contribution in [2.24, 2.45) is 0 Å². The van der Waals surface area contributed by atoms with E-state index < -0.39 is 30.4 Å². The molecule has 0 spiro atoms. The Morgan fingerprint density at radius 2 is 1.52 bits per heavy atom. The summed E-state index contributed by atoms with van der Waals surface area (Å²) in [6.07, 6.45) is 0.891. The van der Waals surface area contributed by atoms with Crippen molar-refractivity contribution in [2.45, 2.75) is 44.2 Å². The largest absolute Gasteiger partial charge is 0.481 e. The molecule has 0 aliphatic rings. The Hall–Kier alpha value is -1.07. The van der Waals surface area contributed by atoms with Crippen molar-refractivity contribution >= 4 is 5.97 Å². The quantitative estimate of drug-likeness (QED) is 0.302. The van der Waals surface area contributed by atoms with Crippen molar-refractivity contribution in [3.63, 3.8) is 0 Å². The van der Waals surface area contributed by atoms with Crippen LogP contribution in [0.1, 0.15) is 19.8 Å². The molecule has 0 saturated heterocycles. The first kappa shape index (κ1) is 23.9. The number of aliphatic hydroxyl groups is 1. The molecule has 0 aliphatic carbocycles. The molecule has 25 heavy (non-hydrogen) atoms. The second kappa shape index (κ2) is 15.2. The van der Waals surface area contributed by atoms with Gasteiger partial charge in [0.1, 0.15) is 32.6 Å². The molecular weight excluding hydrogens is 336 g/mol. The lowest BCUT2D eigenvalue weighted by atomic mass is 10.1. The van der Waals surface area contributed by atoms with Gasteiger partial charge in [-0.1, -0.05) is 12.2 Å². The van der Waals surface area contributed by atoms with Crippen molar-refractivity contribution in [1.82, 2.24) is 0 Å². The number of carboxylic acid groups (broad SMARTS) is 1. The number of rotatable bonds is 16. The minimum atomic E-state index is -1.03. The zero-order valence-electron chi connectivity index (χ0n) is 15.3. The molecule has 0 radical (unpaired) electrons. The summed E-state index contributed by atoms with van der Waals surface area (Å²) < 4.78 is 31.0. The van der Waals surface area contributed by atoms with E-state index in [1.807, 2.05) is 0 Å². The van der Waals surface area contributed by atoms with Crippen LogP contribution in [0.15, 0.2) is 12.2 Å². The Kier molecular flexibility index (Phi) is 14.6. The summed E-state index contributed by atoms with van der Waals surface area (Å²) in [6, 6.07) is 0. The summed E-state index contributed by atoms with van der Waals surface area (Å²) in [5.74, 6) is -1.03. The molecule has 9 nitrogen and oxygen atoms in total. The van der Waals surface area contributed by atoms with E-state index in [1.165, 1.54) is 21.3 Å². The third-order valence-electron chi connectivity index (χ3n) is 3.01. The fraction of sp³-hybridized carbons (Fsp3) is 0.812. The Labute approximate surface area is 148 Å². The molecule has 0 aromatic heterocycles. The van der Waals surface area contributed by atoms with Crippen molar-refractivity contribution in [2.75, 3.05) is 41.7 Å². The normalized spacial score (nSPS) is 16.7. The minimum absolute atomic E-state index is 0.0402. The number of aliphatic carboxylic acids is 1. The third-order valence-corrected chi connectivity index (χ3v) is 3.01. The monoisotopic (exact) mass is 366 g/mol. The molecular formula is C16H30O9. The van der Waals surface area contributed by atoms with E-state index in [-0.39, 0.29) is 26.8 Å². The van der Waals surface area contributed by atoms with Crippen molar-refractivity contribution in [3.05, 3.63) is 12.2 Å². The second-order valence-electron chi connectivity index (χ2n) is 5.33. The van der Waals surface area contributed by atoms with E-state index in [0.29, 0.717) is 6.42 Å². The van der Waals surface area contributed by atoms with Gasteiger partial charge in [-0.15, -0.1) is 0 Å². The molecule has 9 heteroatoms. The van der Waals surface area contributed by atoms with E-state index in [9.17, 15) is 9.90 Å². The van der Waals surface area contributed by atoms with Gasteiger partial charge in [0.15, 0.2) is 0 Å². The number of ether oxygens (including phenoxy) is 6. The van der Waals surface area contributed by atoms with Crippen molar-refractivity contribution in [1.29, 1.82) is 0 Å². The molecule has 0 aliphatic heterocycles. The van der Waals surface area contributed by atoms with Crippen LogP contribution in [0.25, 0.3) is 0 Å². The second-order valence-corrected chi connectivity index (χ2v) is 5.33. The number of methoxy groups -OCH3 is 3. The topological polar surface area (TPSA) is 113 Å². The van der Waals surface area contributed by atoms with Crippen LogP contribution in [0, 0.1) is 0 Å². The average molecular weight is 366 g/mol. The Balaban J connectivity index is 5.09. The number of aliphatic hydroxyl groups excluding tert-OH is 1. The maximum absolute atomic E-state index is 11.1. The summed E-state index contributed by atoms with van der Waals surface area (Å²) in [6.45, 7) is 1.59. The van der Waals surface area contributed by atoms with Crippen molar-refractivity contribution in [3.8, 4) is 0 Å². The lowest BCUT2D eigenvalue weighted by Gasteiger charge is -2.24. The molecule has 0 aromatic rings. The smallest absolute Gasteiger partial charge is 0.306 e. The van der Waals surface area contributed by atoms with E-state index in [4.69, 9.17) is 33.5 Å². The van der Waals surface area contributed by atoms with Gasteiger partial charge in [-0.05, 0) is 6.92 Å². The lowest BCUT2D eigenvalue weighted by molar-refractivity contribution is -0.160. The average Bonchev–Trinajstić information content (AvgIpc) is 2.55. The van der Waals surface area contributed by atoms with Crippen molar-refractivity contribution < 1.29 is 43.4 Å². The molecule has 2 N–H and O–H groups in total. The van der Waals surface area contributed by atoms with E-state index >= 15 is 0 Å². The Bertz CT molecular complexity index is 360. The van der Waals surface area contributed by atoms with Gasteiger partial charge >= 0.3 is 5.97 Å². The maximum atomic E-state index is 11.1. The van der Waals surface area contributed by atoms with E-state index in [2.05, 4.69) is 0 Å². The summed E-state index contributed by atoms with van der Waals surface area (Å²) in [4.78, 5) is 11.1. The highest BCUT2D eigenvalue weighted by molar-refractivity contribution is 5.67. The first-order valence-corrected chi connectivity index (χ1v) is 7.84. The molecule has 0 amide bonds. The van der Waals surface area contributed by atoms with Crippen LogP contribution in [0.5, 0.6) is 0 Å². The third kappa shape index (κ3) is 12.9. The Morgan fingerprint density at radius 1 is 0.960 bits per heavy atom. The van der Waals surface area contributed by atoms with Gasteiger partial charge in [0.2, 0.25) is 0 Å². The van der Waals surface area contributed by atoms with Crippen LogP contribution in [0.3, 0.4) is 0 Å². The molecule has 0 bridgehead atoms. The molecule has 0 unspecified atom stereocenters. The summed E-state index contributed by atoms with van der Waals surface area (Å²) in [5, 5.41) is 18.6. The highest BCUT2D eigenvalue weighted by atomic mass is 16.7. The van der Waals surface area contributed by atoms with Gasteiger partial charge in [-0.25, -0.2) is 0 Å². The fourth-order valence-electron chi connectivity index (χ4n) is 1.96. The van der Waals surface area contributed by atoms with Crippen LogP contribution in [0.2, 0.25) is 0 Å². The van der Waals surface area contributed by atoms with Gasteiger partial charge in [-0.2, -0.15) is 0 Å². The standard InChI is InChI=1S/C16H30O9/c1-12(17)7-13(23-9-20-2)5-6-14(24-10-21-3)15(8-16(18)19)25-11-22-4/h5-6,12-15,17H,7-11H2,1-4H3,(H,18,19)/b6-5+/t12-,13-,14+,15+/m1/s1. The molecule has 0 rings (SSSR count). The van der Waals surface area contributed by atoms with Gasteiger partial charge in [0, 0.05) is 27.8 Å². The fourth-order valence-corrected chi connectivity index (χ4v) is 1.96. The Morgan fingerprint density at radius 3 is 2.04 bits per heavy atom. The van der Waals surface area contributed by atoms with Crippen LogP contribution >= 0.6 is 0 Å². The molecule has 0 saturated carbocycles. The van der Waals surface area contributed by atoms with Crippen LogP contribution in [-0.4, -0.2) is 82.3 Å². The number of hydrogen-bond acceptors (Lipinski definition) is 8. The first-order valence-electron chi connectivity index (χ1n) is 7.84. The summed E-state index contributed by atoms with van der Waals surface area (Å²) >= 11 is 0. The zero-order valence-corrected chi connectivity index (χ0v) is 15.3. The van der Waals surface area contributed by atoms with Crippen LogP contribution < -0.4 is 0 Å². The summed E-state index contributed by atoms with van der Waals surface area (Å²) in [7, 11) is 4.39. The maximum Gasteiger partial charge on any atom is 0.306 e. The SMILES string of the molecule is COCO[C@H](/C=C/[C@H](OCOC)[C@H](CC(=O)O)OCOC)C[C@@H](C)O. The molecule has 0 heterocycles. The van der Waals surface area contributed by atoms with Crippen LogP contribution in [-0.2, 0) is 33.2 Å². The number of hydrogen-bond donors (Lipinski definition) is 2. The highest BCUT2D eigenvalue weighted by Crippen LogP contribution is 2.14. The van der Waals surface area contributed by atoms with Gasteiger partial charge in [0.25, 0.3) is 0 Å². The first-order chi connectivity index (χ1) is 11.9. The number of carbonyl (C=O) groups is 1. The molecule has 4 atom stereocenters. The minimum Gasteiger partial charge on any atom is -0.481 e. The molecule has 148 valence electrons. The van der Waals surface area contributed by atoms with E-state index in [1.54, 1.807) is 19.1 Å². The predicted molar refractivity (Wildman–Crippen MR) is 87.9 cm³/mol. The number of carboxylic acids is 1. The van der Waals surface area contributed by atoms with Gasteiger partial charge < -0.3 is 38.6 Å². The zero-order chi connectivity index (χ0) is 19.1. The van der Waals surface area contributed by atoms with Crippen LogP contribution in [0.4, 0.5) is 0 Å². The summed E-state index contributed by atoms with van der Waals surface area (Å²) in [5.41, 5.74) is 0. The predicted octanol–water partition coefficient (Wildman–Crippen LogP) is 0.756. The van der Waals surface area contributed by atoms with E-state index in [0.717, 1.165) is 0 Å². The van der Waals surface area contributed by atoms with Gasteiger partial charge in [-0.3, -0.25) is 4.79 Å².